The van der Waals surface area contributed by atoms with Crippen LogP contribution in [0.4, 0.5) is 0 Å². The van der Waals surface area contributed by atoms with Crippen molar-refractivity contribution >= 4 is 5.97 Å². The number of carboxylic acids is 1. The SMILES string of the molecule is CC(CC(=O)O)n1nnnc1-c1ccoc1. The first-order chi connectivity index (χ1) is 7.68. The highest BCUT2D eigenvalue weighted by Gasteiger charge is 2.17. The number of furan rings is 1. The summed E-state index contributed by atoms with van der Waals surface area (Å²) < 4.78 is 6.40. The minimum Gasteiger partial charge on any atom is -0.481 e. The predicted octanol–water partition coefficient (Wildman–Crippen LogP) is 0.969. The summed E-state index contributed by atoms with van der Waals surface area (Å²) in [6.45, 7) is 1.74. The van der Waals surface area contributed by atoms with Crippen LogP contribution in [0.5, 0.6) is 0 Å². The molecule has 1 unspecified atom stereocenters. The van der Waals surface area contributed by atoms with Crippen molar-refractivity contribution in [3.63, 3.8) is 0 Å². The second-order valence-electron chi connectivity index (χ2n) is 3.41. The molecule has 1 N–H and O–H groups in total. The van der Waals surface area contributed by atoms with Crippen LogP contribution in [0.3, 0.4) is 0 Å². The van der Waals surface area contributed by atoms with Gasteiger partial charge in [0.2, 0.25) is 0 Å². The summed E-state index contributed by atoms with van der Waals surface area (Å²) in [6.07, 6.45) is 2.99. The van der Waals surface area contributed by atoms with E-state index in [1.54, 1.807) is 13.0 Å². The van der Waals surface area contributed by atoms with Crippen LogP contribution in [-0.2, 0) is 4.79 Å². The molecule has 0 aliphatic rings. The van der Waals surface area contributed by atoms with Crippen LogP contribution in [0.1, 0.15) is 19.4 Å². The molecule has 2 aromatic rings. The Morgan fingerprint density at radius 1 is 1.69 bits per heavy atom. The Labute approximate surface area is 90.7 Å². The molecule has 0 spiro atoms. The number of rotatable bonds is 4. The maximum Gasteiger partial charge on any atom is 0.305 e. The lowest BCUT2D eigenvalue weighted by Crippen LogP contribution is -2.13. The van der Waals surface area contributed by atoms with Crippen LogP contribution in [0.15, 0.2) is 23.0 Å². The normalized spacial score (nSPS) is 12.6. The van der Waals surface area contributed by atoms with Crippen molar-refractivity contribution in [3.8, 4) is 11.4 Å². The summed E-state index contributed by atoms with van der Waals surface area (Å²) in [5, 5.41) is 19.9. The van der Waals surface area contributed by atoms with E-state index in [9.17, 15) is 4.79 Å². The number of hydrogen-bond acceptors (Lipinski definition) is 5. The third-order valence-electron chi connectivity index (χ3n) is 2.16. The van der Waals surface area contributed by atoms with Gasteiger partial charge in [-0.25, -0.2) is 4.68 Å². The van der Waals surface area contributed by atoms with Crippen molar-refractivity contribution < 1.29 is 14.3 Å². The molecule has 7 heteroatoms. The maximum absolute atomic E-state index is 10.6. The molecule has 2 rings (SSSR count). The maximum atomic E-state index is 10.6. The van der Waals surface area contributed by atoms with Gasteiger partial charge in [-0.05, 0) is 23.4 Å². The van der Waals surface area contributed by atoms with Gasteiger partial charge in [0.15, 0.2) is 5.82 Å². The van der Waals surface area contributed by atoms with Gasteiger partial charge in [0.1, 0.15) is 6.26 Å². The van der Waals surface area contributed by atoms with Crippen LogP contribution >= 0.6 is 0 Å². The predicted molar refractivity (Wildman–Crippen MR) is 52.5 cm³/mol. The fraction of sp³-hybridized carbons (Fsp3) is 0.333. The molecule has 0 saturated heterocycles. The molecule has 0 radical (unpaired) electrons. The number of tetrazole rings is 1. The Morgan fingerprint density at radius 2 is 2.50 bits per heavy atom. The van der Waals surface area contributed by atoms with Crippen molar-refractivity contribution in [3.05, 3.63) is 18.6 Å². The minimum atomic E-state index is -0.888. The second-order valence-corrected chi connectivity index (χ2v) is 3.41. The molecule has 0 bridgehead atoms. The molecule has 2 aromatic heterocycles. The van der Waals surface area contributed by atoms with Crippen LogP contribution < -0.4 is 0 Å². The highest BCUT2D eigenvalue weighted by Crippen LogP contribution is 2.20. The summed E-state index contributed by atoms with van der Waals surface area (Å²) in [6, 6.07) is 1.41. The van der Waals surface area contributed by atoms with Crippen LogP contribution in [0.2, 0.25) is 0 Å². The Kier molecular flexibility index (Phi) is 2.67. The van der Waals surface area contributed by atoms with Crippen molar-refractivity contribution in [1.29, 1.82) is 0 Å². The fourth-order valence-corrected chi connectivity index (χ4v) is 1.41. The van der Waals surface area contributed by atoms with Crippen molar-refractivity contribution in [1.82, 2.24) is 20.2 Å². The monoisotopic (exact) mass is 222 g/mol. The van der Waals surface area contributed by atoms with E-state index in [0.717, 1.165) is 5.56 Å². The molecule has 0 amide bonds. The van der Waals surface area contributed by atoms with E-state index in [-0.39, 0.29) is 12.5 Å². The van der Waals surface area contributed by atoms with E-state index in [4.69, 9.17) is 9.52 Å². The minimum absolute atomic E-state index is 0.0319. The molecule has 0 aliphatic heterocycles. The lowest BCUT2D eigenvalue weighted by molar-refractivity contribution is -0.137. The Hall–Kier alpha value is -2.18. The van der Waals surface area contributed by atoms with Gasteiger partial charge in [-0.2, -0.15) is 0 Å². The highest BCUT2D eigenvalue weighted by atomic mass is 16.4. The number of aromatic nitrogens is 4. The molecule has 0 fully saturated rings. The molecule has 2 heterocycles. The van der Waals surface area contributed by atoms with Gasteiger partial charge in [0, 0.05) is 0 Å². The second kappa shape index (κ2) is 4.13. The van der Waals surface area contributed by atoms with E-state index >= 15 is 0 Å². The fourth-order valence-electron chi connectivity index (χ4n) is 1.41. The Morgan fingerprint density at radius 3 is 3.12 bits per heavy atom. The first-order valence-electron chi connectivity index (χ1n) is 4.70. The Balaban J connectivity index is 2.29. The summed E-state index contributed by atoms with van der Waals surface area (Å²) >= 11 is 0. The van der Waals surface area contributed by atoms with Gasteiger partial charge in [-0.1, -0.05) is 0 Å². The van der Waals surface area contributed by atoms with E-state index in [2.05, 4.69) is 15.5 Å². The molecule has 0 saturated carbocycles. The van der Waals surface area contributed by atoms with Crippen LogP contribution in [-0.4, -0.2) is 31.3 Å². The molecule has 7 nitrogen and oxygen atoms in total. The summed E-state index contributed by atoms with van der Waals surface area (Å²) in [4.78, 5) is 10.6. The summed E-state index contributed by atoms with van der Waals surface area (Å²) in [5.74, 6) is -0.386. The zero-order valence-electron chi connectivity index (χ0n) is 8.57. The van der Waals surface area contributed by atoms with Crippen molar-refractivity contribution in [2.75, 3.05) is 0 Å². The average molecular weight is 222 g/mol. The third kappa shape index (κ3) is 1.92. The first kappa shape index (κ1) is 10.3. The summed E-state index contributed by atoms with van der Waals surface area (Å²) in [7, 11) is 0. The number of nitrogens with zero attached hydrogens (tertiary/aromatic N) is 4. The quantitative estimate of drug-likeness (QED) is 0.828. The van der Waals surface area contributed by atoms with E-state index in [1.165, 1.54) is 17.2 Å². The standard InChI is InChI=1S/C9H10N4O3/c1-6(4-8(14)15)13-9(10-11-12-13)7-2-3-16-5-7/h2-3,5-6H,4H2,1H3,(H,14,15). The van der Waals surface area contributed by atoms with E-state index in [0.29, 0.717) is 5.82 Å². The molecule has 16 heavy (non-hydrogen) atoms. The lowest BCUT2D eigenvalue weighted by atomic mass is 10.2. The van der Waals surface area contributed by atoms with Gasteiger partial charge in [0.05, 0.1) is 24.3 Å². The Bertz CT molecular complexity index is 477. The smallest absolute Gasteiger partial charge is 0.305 e. The molecular formula is C9H10N4O3. The van der Waals surface area contributed by atoms with Gasteiger partial charge in [-0.15, -0.1) is 5.10 Å². The largest absolute Gasteiger partial charge is 0.481 e. The highest BCUT2D eigenvalue weighted by molar-refractivity contribution is 5.67. The zero-order valence-corrected chi connectivity index (χ0v) is 8.57. The number of aliphatic carboxylic acids is 1. The van der Waals surface area contributed by atoms with Gasteiger partial charge in [0.25, 0.3) is 0 Å². The lowest BCUT2D eigenvalue weighted by Gasteiger charge is -2.09. The number of carboxylic acid groups (broad SMARTS) is 1. The average Bonchev–Trinajstić information content (AvgIpc) is 2.87. The topological polar surface area (TPSA) is 94.0 Å². The van der Waals surface area contributed by atoms with E-state index < -0.39 is 5.97 Å². The van der Waals surface area contributed by atoms with Crippen molar-refractivity contribution in [2.45, 2.75) is 19.4 Å². The zero-order chi connectivity index (χ0) is 11.5. The molecule has 84 valence electrons. The molecule has 0 aliphatic carbocycles. The molecular weight excluding hydrogens is 212 g/mol. The molecule has 1 atom stereocenters. The molecule has 0 aromatic carbocycles. The van der Waals surface area contributed by atoms with Crippen LogP contribution in [0.25, 0.3) is 11.4 Å². The van der Waals surface area contributed by atoms with E-state index in [1.807, 2.05) is 0 Å². The summed E-state index contributed by atoms with van der Waals surface area (Å²) in [5.41, 5.74) is 0.724. The first-order valence-corrected chi connectivity index (χ1v) is 4.70. The van der Waals surface area contributed by atoms with Gasteiger partial charge < -0.3 is 9.52 Å². The third-order valence-corrected chi connectivity index (χ3v) is 2.16. The number of hydrogen-bond donors (Lipinski definition) is 1. The van der Waals surface area contributed by atoms with Crippen molar-refractivity contribution in [2.24, 2.45) is 0 Å². The van der Waals surface area contributed by atoms with Gasteiger partial charge >= 0.3 is 5.97 Å². The van der Waals surface area contributed by atoms with Gasteiger partial charge in [-0.3, -0.25) is 4.79 Å². The number of carbonyl (C=O) groups is 1. The van der Waals surface area contributed by atoms with Crippen LogP contribution in [0, 0.1) is 0 Å².